The molecule has 3 N–H and O–H groups in total. The standard InChI is InChI=1S/C16H18FN3O/c17-14-8-6-13(7-9-14)12-20(11-10-16(18)19-21)15-4-2-1-3-5-15/h1-9,21H,10-12H2,(H2,18,19). The highest BCUT2D eigenvalue weighted by Crippen LogP contribution is 2.17. The third-order valence-corrected chi connectivity index (χ3v) is 3.17. The summed E-state index contributed by atoms with van der Waals surface area (Å²) < 4.78 is 13.0. The fraction of sp³-hybridized carbons (Fsp3) is 0.188. The second-order valence-electron chi connectivity index (χ2n) is 4.72. The maximum atomic E-state index is 13.0. The van der Waals surface area contributed by atoms with E-state index in [-0.39, 0.29) is 11.7 Å². The zero-order valence-corrected chi connectivity index (χ0v) is 11.6. The van der Waals surface area contributed by atoms with Crippen molar-refractivity contribution < 1.29 is 9.60 Å². The third kappa shape index (κ3) is 4.49. The Balaban J connectivity index is 2.13. The first kappa shape index (κ1) is 14.8. The molecule has 5 heteroatoms. The van der Waals surface area contributed by atoms with Crippen LogP contribution in [0.4, 0.5) is 10.1 Å². The topological polar surface area (TPSA) is 61.8 Å². The van der Waals surface area contributed by atoms with Gasteiger partial charge in [0, 0.05) is 25.2 Å². The molecule has 0 saturated carbocycles. The number of nitrogens with two attached hydrogens (primary N) is 1. The Bertz CT molecular complexity index is 584. The zero-order valence-electron chi connectivity index (χ0n) is 11.6. The summed E-state index contributed by atoms with van der Waals surface area (Å²) in [6.45, 7) is 1.24. The van der Waals surface area contributed by atoms with Crippen LogP contribution in [-0.4, -0.2) is 17.6 Å². The van der Waals surface area contributed by atoms with Gasteiger partial charge in [-0.05, 0) is 29.8 Å². The van der Waals surface area contributed by atoms with Crippen LogP contribution in [0.25, 0.3) is 0 Å². The van der Waals surface area contributed by atoms with Crippen molar-refractivity contribution in [2.75, 3.05) is 11.4 Å². The summed E-state index contributed by atoms with van der Waals surface area (Å²) in [7, 11) is 0. The van der Waals surface area contributed by atoms with E-state index in [1.807, 2.05) is 30.3 Å². The number of oxime groups is 1. The summed E-state index contributed by atoms with van der Waals surface area (Å²) in [5.74, 6) is -0.0586. The molecule has 110 valence electrons. The Morgan fingerprint density at radius 2 is 1.76 bits per heavy atom. The molecule has 2 aromatic rings. The number of nitrogens with zero attached hydrogens (tertiary/aromatic N) is 2. The molecule has 0 spiro atoms. The second-order valence-corrected chi connectivity index (χ2v) is 4.72. The normalized spacial score (nSPS) is 11.4. The molecule has 0 radical (unpaired) electrons. The maximum absolute atomic E-state index is 13.0. The number of benzene rings is 2. The van der Waals surface area contributed by atoms with E-state index in [0.717, 1.165) is 11.3 Å². The second kappa shape index (κ2) is 7.28. The van der Waals surface area contributed by atoms with Crippen LogP contribution in [0.5, 0.6) is 0 Å². The molecule has 21 heavy (non-hydrogen) atoms. The van der Waals surface area contributed by atoms with Gasteiger partial charge in [0.05, 0.1) is 0 Å². The molecule has 2 rings (SSSR count). The molecule has 0 aliphatic carbocycles. The average molecular weight is 287 g/mol. The zero-order chi connectivity index (χ0) is 15.1. The van der Waals surface area contributed by atoms with Crippen LogP contribution in [-0.2, 0) is 6.54 Å². The predicted molar refractivity (Wildman–Crippen MR) is 81.9 cm³/mol. The number of amidine groups is 1. The van der Waals surface area contributed by atoms with E-state index in [2.05, 4.69) is 10.1 Å². The number of hydrogen-bond acceptors (Lipinski definition) is 3. The molecule has 0 aliphatic rings. The first-order valence-electron chi connectivity index (χ1n) is 6.70. The third-order valence-electron chi connectivity index (χ3n) is 3.17. The van der Waals surface area contributed by atoms with E-state index in [1.54, 1.807) is 12.1 Å². The minimum absolute atomic E-state index is 0.190. The Labute approximate surface area is 123 Å². The molecule has 0 atom stereocenters. The highest BCUT2D eigenvalue weighted by Gasteiger charge is 2.08. The first-order valence-corrected chi connectivity index (χ1v) is 6.70. The Morgan fingerprint density at radius 3 is 2.38 bits per heavy atom. The lowest BCUT2D eigenvalue weighted by atomic mass is 10.2. The minimum Gasteiger partial charge on any atom is -0.409 e. The summed E-state index contributed by atoms with van der Waals surface area (Å²) >= 11 is 0. The monoisotopic (exact) mass is 287 g/mol. The maximum Gasteiger partial charge on any atom is 0.140 e. The van der Waals surface area contributed by atoms with Crippen molar-refractivity contribution in [3.8, 4) is 0 Å². The summed E-state index contributed by atoms with van der Waals surface area (Å²) in [6, 6.07) is 16.3. The lowest BCUT2D eigenvalue weighted by molar-refractivity contribution is 0.317. The predicted octanol–water partition coefficient (Wildman–Crippen LogP) is 2.97. The first-order chi connectivity index (χ1) is 10.2. The lowest BCUT2D eigenvalue weighted by Crippen LogP contribution is -2.27. The van der Waals surface area contributed by atoms with E-state index < -0.39 is 0 Å². The van der Waals surface area contributed by atoms with Crippen molar-refractivity contribution in [1.29, 1.82) is 0 Å². The Kier molecular flexibility index (Phi) is 5.15. The van der Waals surface area contributed by atoms with Gasteiger partial charge >= 0.3 is 0 Å². The van der Waals surface area contributed by atoms with Crippen LogP contribution in [0.15, 0.2) is 59.8 Å². The molecule has 0 fully saturated rings. The molecule has 0 aromatic heterocycles. The van der Waals surface area contributed by atoms with Crippen LogP contribution in [0, 0.1) is 5.82 Å². The van der Waals surface area contributed by atoms with Crippen molar-refractivity contribution in [3.05, 3.63) is 66.0 Å². The van der Waals surface area contributed by atoms with Crippen molar-refractivity contribution in [1.82, 2.24) is 0 Å². The van der Waals surface area contributed by atoms with Crippen molar-refractivity contribution in [2.45, 2.75) is 13.0 Å². The van der Waals surface area contributed by atoms with Gasteiger partial charge < -0.3 is 15.8 Å². The fourth-order valence-electron chi connectivity index (χ4n) is 2.05. The fourth-order valence-corrected chi connectivity index (χ4v) is 2.05. The molecule has 2 aromatic carbocycles. The quantitative estimate of drug-likeness (QED) is 0.371. The molecule has 0 saturated heterocycles. The van der Waals surface area contributed by atoms with Crippen LogP contribution in [0.2, 0.25) is 0 Å². The van der Waals surface area contributed by atoms with Gasteiger partial charge in [0.25, 0.3) is 0 Å². The summed E-state index contributed by atoms with van der Waals surface area (Å²) in [6.07, 6.45) is 0.451. The van der Waals surface area contributed by atoms with Gasteiger partial charge in [-0.1, -0.05) is 35.5 Å². The van der Waals surface area contributed by atoms with E-state index >= 15 is 0 Å². The average Bonchev–Trinajstić information content (AvgIpc) is 2.53. The molecule has 0 heterocycles. The Hall–Kier alpha value is -2.56. The van der Waals surface area contributed by atoms with Gasteiger partial charge in [0.2, 0.25) is 0 Å². The molecule has 0 aliphatic heterocycles. The summed E-state index contributed by atoms with van der Waals surface area (Å²) in [4.78, 5) is 2.10. The van der Waals surface area contributed by atoms with Crippen LogP contribution < -0.4 is 10.6 Å². The highest BCUT2D eigenvalue weighted by molar-refractivity contribution is 5.80. The molecular formula is C16H18FN3O. The van der Waals surface area contributed by atoms with E-state index in [9.17, 15) is 4.39 Å². The van der Waals surface area contributed by atoms with Crippen LogP contribution >= 0.6 is 0 Å². The van der Waals surface area contributed by atoms with Crippen LogP contribution in [0.3, 0.4) is 0 Å². The van der Waals surface area contributed by atoms with Crippen molar-refractivity contribution in [2.24, 2.45) is 10.9 Å². The summed E-state index contributed by atoms with van der Waals surface area (Å²) in [5, 5.41) is 11.6. The molecule has 4 nitrogen and oxygen atoms in total. The van der Waals surface area contributed by atoms with Gasteiger partial charge in [-0.3, -0.25) is 0 Å². The Morgan fingerprint density at radius 1 is 1.10 bits per heavy atom. The largest absolute Gasteiger partial charge is 0.409 e. The van der Waals surface area contributed by atoms with Crippen LogP contribution in [0.1, 0.15) is 12.0 Å². The van der Waals surface area contributed by atoms with Gasteiger partial charge in [0.15, 0.2) is 0 Å². The number of para-hydroxylation sites is 1. The SMILES string of the molecule is N/C(CCN(Cc1ccc(F)cc1)c1ccccc1)=N\O. The number of rotatable bonds is 6. The highest BCUT2D eigenvalue weighted by atomic mass is 19.1. The van der Waals surface area contributed by atoms with Gasteiger partial charge in [-0.15, -0.1) is 0 Å². The number of anilines is 1. The van der Waals surface area contributed by atoms with Gasteiger partial charge in [0.1, 0.15) is 11.7 Å². The molecule has 0 amide bonds. The minimum atomic E-state index is -0.248. The molecular weight excluding hydrogens is 269 g/mol. The smallest absolute Gasteiger partial charge is 0.140 e. The van der Waals surface area contributed by atoms with E-state index in [1.165, 1.54) is 12.1 Å². The van der Waals surface area contributed by atoms with Gasteiger partial charge in [-0.25, -0.2) is 4.39 Å². The van der Waals surface area contributed by atoms with Gasteiger partial charge in [-0.2, -0.15) is 0 Å². The summed E-state index contributed by atoms with van der Waals surface area (Å²) in [5.41, 5.74) is 7.57. The van der Waals surface area contributed by atoms with Crippen molar-refractivity contribution >= 4 is 11.5 Å². The number of hydrogen-bond donors (Lipinski definition) is 2. The number of halogens is 1. The lowest BCUT2D eigenvalue weighted by Gasteiger charge is -2.24. The van der Waals surface area contributed by atoms with E-state index in [4.69, 9.17) is 10.9 Å². The molecule has 0 bridgehead atoms. The van der Waals surface area contributed by atoms with E-state index in [0.29, 0.717) is 19.5 Å². The molecule has 0 unspecified atom stereocenters. The van der Waals surface area contributed by atoms with Crippen molar-refractivity contribution in [3.63, 3.8) is 0 Å².